The molecular weight excluding hydrogens is 326 g/mol. The van der Waals surface area contributed by atoms with Crippen molar-refractivity contribution in [2.24, 2.45) is 0 Å². The Morgan fingerprint density at radius 3 is 2.35 bits per heavy atom. The van der Waals surface area contributed by atoms with E-state index < -0.39 is 5.97 Å². The predicted molar refractivity (Wildman–Crippen MR) is 76.2 cm³/mol. The van der Waals surface area contributed by atoms with Gasteiger partial charge in [-0.1, -0.05) is 34.8 Å². The zero-order valence-electron chi connectivity index (χ0n) is 10.2. The largest absolute Gasteiger partial charge is 0.483 e. The predicted octanol–water partition coefficient (Wildman–Crippen LogP) is 4.83. The summed E-state index contributed by atoms with van der Waals surface area (Å²) < 4.78 is 10.7. The monoisotopic (exact) mass is 334 g/mol. The first-order valence-electron chi connectivity index (χ1n) is 5.48. The van der Waals surface area contributed by atoms with Gasteiger partial charge in [-0.2, -0.15) is 0 Å². The van der Waals surface area contributed by atoms with Crippen molar-refractivity contribution < 1.29 is 19.1 Å². The van der Waals surface area contributed by atoms with Crippen LogP contribution in [0.5, 0.6) is 5.75 Å². The fourth-order valence-electron chi connectivity index (χ4n) is 1.64. The SMILES string of the molecule is Cc1oc(COc2c(Cl)cc(Cl)cc2Cl)cc1C(=O)O. The molecule has 0 radical (unpaired) electrons. The van der Waals surface area contributed by atoms with Crippen LogP contribution in [0, 0.1) is 6.92 Å². The number of carboxylic acid groups (broad SMARTS) is 1. The molecule has 0 saturated carbocycles. The second-order valence-corrected chi connectivity index (χ2v) is 5.23. The average molecular weight is 336 g/mol. The molecule has 20 heavy (non-hydrogen) atoms. The van der Waals surface area contributed by atoms with Gasteiger partial charge in [0.25, 0.3) is 0 Å². The van der Waals surface area contributed by atoms with Crippen LogP contribution in [0.4, 0.5) is 0 Å². The third-order valence-corrected chi connectivity index (χ3v) is 3.30. The summed E-state index contributed by atoms with van der Waals surface area (Å²) in [5, 5.41) is 9.86. The summed E-state index contributed by atoms with van der Waals surface area (Å²) in [7, 11) is 0. The first-order valence-corrected chi connectivity index (χ1v) is 6.62. The number of hydrogen-bond acceptors (Lipinski definition) is 3. The molecule has 0 amide bonds. The van der Waals surface area contributed by atoms with Gasteiger partial charge in [0.1, 0.15) is 23.7 Å². The van der Waals surface area contributed by atoms with E-state index in [1.54, 1.807) is 6.92 Å². The minimum absolute atomic E-state index is 0.00912. The van der Waals surface area contributed by atoms with Crippen LogP contribution in [0.2, 0.25) is 15.1 Å². The molecule has 0 atom stereocenters. The lowest BCUT2D eigenvalue weighted by Gasteiger charge is -2.08. The number of ether oxygens (including phenoxy) is 1. The molecule has 1 aromatic carbocycles. The quantitative estimate of drug-likeness (QED) is 0.869. The number of carbonyl (C=O) groups is 1. The molecule has 1 N–H and O–H groups in total. The van der Waals surface area contributed by atoms with Crippen LogP contribution in [0.1, 0.15) is 21.9 Å². The molecule has 0 spiro atoms. The topological polar surface area (TPSA) is 59.7 Å². The first-order chi connectivity index (χ1) is 9.38. The second kappa shape index (κ2) is 5.95. The number of halogens is 3. The molecule has 1 heterocycles. The number of carboxylic acids is 1. The molecule has 0 saturated heterocycles. The van der Waals surface area contributed by atoms with Gasteiger partial charge in [0, 0.05) is 5.02 Å². The average Bonchev–Trinajstić information content (AvgIpc) is 2.69. The van der Waals surface area contributed by atoms with Gasteiger partial charge in [0.15, 0.2) is 5.75 Å². The van der Waals surface area contributed by atoms with Crippen molar-refractivity contribution in [3.8, 4) is 5.75 Å². The van der Waals surface area contributed by atoms with Crippen LogP contribution in [0.15, 0.2) is 22.6 Å². The maximum Gasteiger partial charge on any atom is 0.339 e. The Bertz CT molecular complexity index is 641. The van der Waals surface area contributed by atoms with E-state index in [9.17, 15) is 4.79 Å². The molecule has 4 nitrogen and oxygen atoms in total. The molecule has 0 aliphatic rings. The summed E-state index contributed by atoms with van der Waals surface area (Å²) in [6, 6.07) is 4.40. The Labute approximate surface area is 129 Å². The standard InChI is InChI=1S/C13H9Cl3O4/c1-6-9(13(17)18)4-8(20-6)5-19-12-10(15)2-7(14)3-11(12)16/h2-4H,5H2,1H3,(H,17,18). The third kappa shape index (κ3) is 3.20. The van der Waals surface area contributed by atoms with Crippen LogP contribution in [0.3, 0.4) is 0 Å². The molecule has 0 unspecified atom stereocenters. The van der Waals surface area contributed by atoms with Gasteiger partial charge in [-0.25, -0.2) is 4.79 Å². The van der Waals surface area contributed by atoms with Crippen molar-refractivity contribution in [1.29, 1.82) is 0 Å². The molecular formula is C13H9Cl3O4. The molecule has 7 heteroatoms. The first kappa shape index (κ1) is 15.0. The second-order valence-electron chi connectivity index (χ2n) is 3.97. The van der Waals surface area contributed by atoms with E-state index in [2.05, 4.69) is 0 Å². The van der Waals surface area contributed by atoms with Gasteiger partial charge in [0.2, 0.25) is 0 Å². The number of furan rings is 1. The number of aryl methyl sites for hydroxylation is 1. The maximum atomic E-state index is 10.9. The van der Waals surface area contributed by atoms with Crippen LogP contribution in [0.25, 0.3) is 0 Å². The van der Waals surface area contributed by atoms with E-state index >= 15 is 0 Å². The Balaban J connectivity index is 2.17. The van der Waals surface area contributed by atoms with E-state index in [1.165, 1.54) is 18.2 Å². The van der Waals surface area contributed by atoms with Crippen LogP contribution >= 0.6 is 34.8 Å². The lowest BCUT2D eigenvalue weighted by atomic mass is 10.2. The van der Waals surface area contributed by atoms with Gasteiger partial charge < -0.3 is 14.3 Å². The van der Waals surface area contributed by atoms with Gasteiger partial charge >= 0.3 is 5.97 Å². The summed E-state index contributed by atoms with van der Waals surface area (Å²) in [5.41, 5.74) is 0.0944. The van der Waals surface area contributed by atoms with Crippen LogP contribution < -0.4 is 4.74 Å². The van der Waals surface area contributed by atoms with Crippen molar-refractivity contribution in [2.75, 3.05) is 0 Å². The number of benzene rings is 1. The summed E-state index contributed by atoms with van der Waals surface area (Å²) >= 11 is 17.7. The zero-order valence-corrected chi connectivity index (χ0v) is 12.5. The van der Waals surface area contributed by atoms with E-state index in [-0.39, 0.29) is 28.0 Å². The highest BCUT2D eigenvalue weighted by Gasteiger charge is 2.15. The normalized spacial score (nSPS) is 10.6. The molecule has 0 bridgehead atoms. The fraction of sp³-hybridized carbons (Fsp3) is 0.154. The number of hydrogen-bond donors (Lipinski definition) is 1. The minimum Gasteiger partial charge on any atom is -0.483 e. The smallest absolute Gasteiger partial charge is 0.339 e. The van der Waals surface area contributed by atoms with E-state index in [0.29, 0.717) is 16.5 Å². The van der Waals surface area contributed by atoms with Crippen molar-refractivity contribution >= 4 is 40.8 Å². The van der Waals surface area contributed by atoms with Gasteiger partial charge in [-0.05, 0) is 25.1 Å². The highest BCUT2D eigenvalue weighted by molar-refractivity contribution is 6.40. The van der Waals surface area contributed by atoms with Crippen molar-refractivity contribution in [3.63, 3.8) is 0 Å². The lowest BCUT2D eigenvalue weighted by Crippen LogP contribution is -1.96. The summed E-state index contributed by atoms with van der Waals surface area (Å²) in [5.74, 6) is -0.116. The van der Waals surface area contributed by atoms with Gasteiger partial charge in [-0.15, -0.1) is 0 Å². The molecule has 1 aromatic heterocycles. The van der Waals surface area contributed by atoms with Gasteiger partial charge in [-0.3, -0.25) is 0 Å². The summed E-state index contributed by atoms with van der Waals surface area (Å²) in [6.07, 6.45) is 0. The van der Waals surface area contributed by atoms with Crippen LogP contribution in [-0.2, 0) is 6.61 Å². The molecule has 0 aliphatic heterocycles. The van der Waals surface area contributed by atoms with E-state index in [1.807, 2.05) is 0 Å². The Kier molecular flexibility index (Phi) is 4.48. The summed E-state index contributed by atoms with van der Waals surface area (Å²) in [6.45, 7) is 1.57. The molecule has 2 rings (SSSR count). The Morgan fingerprint density at radius 1 is 1.25 bits per heavy atom. The van der Waals surface area contributed by atoms with E-state index in [0.717, 1.165) is 0 Å². The van der Waals surface area contributed by atoms with Crippen molar-refractivity contribution in [1.82, 2.24) is 0 Å². The van der Waals surface area contributed by atoms with E-state index in [4.69, 9.17) is 49.1 Å². The molecule has 106 valence electrons. The highest BCUT2D eigenvalue weighted by atomic mass is 35.5. The molecule has 0 aliphatic carbocycles. The Morgan fingerprint density at radius 2 is 1.85 bits per heavy atom. The number of aromatic carboxylic acids is 1. The van der Waals surface area contributed by atoms with Crippen molar-refractivity contribution in [2.45, 2.75) is 13.5 Å². The fourth-order valence-corrected chi connectivity index (χ4v) is 2.56. The highest BCUT2D eigenvalue weighted by Crippen LogP contribution is 2.36. The number of rotatable bonds is 4. The Hall–Kier alpha value is -1.36. The third-order valence-electron chi connectivity index (χ3n) is 2.52. The lowest BCUT2D eigenvalue weighted by molar-refractivity contribution is 0.0695. The maximum absolute atomic E-state index is 10.9. The summed E-state index contributed by atoms with van der Waals surface area (Å²) in [4.78, 5) is 10.9. The van der Waals surface area contributed by atoms with Crippen LogP contribution in [-0.4, -0.2) is 11.1 Å². The molecule has 2 aromatic rings. The molecule has 0 fully saturated rings. The minimum atomic E-state index is -1.06. The van der Waals surface area contributed by atoms with Gasteiger partial charge in [0.05, 0.1) is 10.0 Å². The van der Waals surface area contributed by atoms with Crippen molar-refractivity contribution in [3.05, 3.63) is 50.4 Å². The zero-order chi connectivity index (χ0) is 14.9.